The molecule has 3 rings (SSSR count). The van der Waals surface area contributed by atoms with Crippen molar-refractivity contribution >= 4 is 86.6 Å². The van der Waals surface area contributed by atoms with Crippen LogP contribution in [0.4, 0.5) is 0 Å². The average Bonchev–Trinajstić information content (AvgIpc) is 3.25. The summed E-state index contributed by atoms with van der Waals surface area (Å²) in [6.45, 7) is 6.59. The van der Waals surface area contributed by atoms with Gasteiger partial charge < -0.3 is 70.2 Å². The molecule has 0 aliphatic carbocycles. The molecule has 1 unspecified atom stereocenters. The fraction of sp³-hybridized carbons (Fsp3) is 0.595. The lowest BCUT2D eigenvalue weighted by molar-refractivity contribution is -0.150. The minimum atomic E-state index is -1.75. The minimum Gasteiger partial charge on any atom is -0.508 e. The van der Waals surface area contributed by atoms with Gasteiger partial charge in [0.25, 0.3) is 0 Å². The monoisotopic (exact) mass is 992 g/mol. The number of primary amides is 3. The third-order valence-corrected chi connectivity index (χ3v) is 13.5. The van der Waals surface area contributed by atoms with Gasteiger partial charge in [0.1, 0.15) is 48.0 Å². The second kappa shape index (κ2) is 27.0. The van der Waals surface area contributed by atoms with Crippen molar-refractivity contribution < 1.29 is 57.8 Å². The van der Waals surface area contributed by atoms with E-state index in [4.69, 9.17) is 22.9 Å². The van der Waals surface area contributed by atoms with Crippen LogP contribution in [0.25, 0.3) is 0 Å². The summed E-state index contributed by atoms with van der Waals surface area (Å²) in [5.41, 5.74) is 22.9. The molecule has 0 spiro atoms. The maximum absolute atomic E-state index is 14.3. The molecule has 0 saturated carbocycles. The first-order chi connectivity index (χ1) is 32.0. The van der Waals surface area contributed by atoms with E-state index in [9.17, 15) is 57.8 Å². The molecule has 2 aliphatic rings. The fourth-order valence-electron chi connectivity index (χ4n) is 6.96. The zero-order chi connectivity index (χ0) is 50.8. The van der Waals surface area contributed by atoms with E-state index in [0.29, 0.717) is 12.0 Å². The van der Waals surface area contributed by atoms with Crippen molar-refractivity contribution in [3.63, 3.8) is 0 Å². The predicted octanol–water partition coefficient (Wildman–Crippen LogP) is -4.00. The quantitative estimate of drug-likeness (QED) is 0.0662. The van der Waals surface area contributed by atoms with E-state index in [1.54, 1.807) is 13.8 Å². The molecule has 2 fully saturated rings. The lowest BCUT2D eigenvalue weighted by atomic mass is 9.96. The van der Waals surface area contributed by atoms with Crippen molar-refractivity contribution in [1.82, 2.24) is 42.1 Å². The highest BCUT2D eigenvalue weighted by molar-refractivity contribution is 8.76. The smallest absolute Gasteiger partial charge is 0.246 e. The Kier molecular flexibility index (Phi) is 22.3. The van der Waals surface area contributed by atoms with Crippen molar-refractivity contribution in [2.45, 2.75) is 121 Å². The van der Waals surface area contributed by atoms with Gasteiger partial charge >= 0.3 is 0 Å². The number of nitrogens with zero attached hydrogens (tertiary/aromatic N) is 1. The van der Waals surface area contributed by atoms with Gasteiger partial charge in [0.15, 0.2) is 0 Å². The Hall–Kier alpha value is -6.15. The molecule has 9 atom stereocenters. The van der Waals surface area contributed by atoms with Gasteiger partial charge in [-0.15, -0.1) is 0 Å². The molecule has 68 heavy (non-hydrogen) atoms. The first-order valence-corrected chi connectivity index (χ1v) is 24.5. The highest BCUT2D eigenvalue weighted by Crippen LogP contribution is 2.26. The van der Waals surface area contributed by atoms with E-state index in [-0.39, 0.29) is 49.0 Å². The van der Waals surface area contributed by atoms with Gasteiger partial charge in [-0.25, -0.2) is 0 Å². The highest BCUT2D eigenvalue weighted by Gasteiger charge is 2.43. The molecule has 1 aromatic carbocycles. The maximum Gasteiger partial charge on any atom is 0.246 e. The Morgan fingerprint density at radius 3 is 1.96 bits per heavy atom. The van der Waals surface area contributed by atoms with E-state index in [1.165, 1.54) is 29.2 Å². The zero-order valence-electron chi connectivity index (χ0n) is 38.4. The number of amides is 11. The van der Waals surface area contributed by atoms with Crippen LogP contribution in [0, 0.1) is 11.8 Å². The van der Waals surface area contributed by atoms with Crippen LogP contribution in [0.15, 0.2) is 24.3 Å². The van der Waals surface area contributed by atoms with Gasteiger partial charge in [-0.1, -0.05) is 67.8 Å². The summed E-state index contributed by atoms with van der Waals surface area (Å²) >= 11 is 0. The molecule has 0 radical (unpaired) electrons. The van der Waals surface area contributed by atoms with Crippen molar-refractivity contribution in [2.24, 2.45) is 34.8 Å². The van der Waals surface area contributed by atoms with Crippen molar-refractivity contribution in [3.8, 4) is 5.75 Å². The van der Waals surface area contributed by atoms with E-state index < -0.39 is 145 Å². The summed E-state index contributed by atoms with van der Waals surface area (Å²) in [5.74, 6) is -10.4. The zero-order valence-corrected chi connectivity index (χ0v) is 40.0. The Morgan fingerprint density at radius 2 is 1.38 bits per heavy atom. The van der Waals surface area contributed by atoms with Crippen LogP contribution < -0.4 is 60.2 Å². The third kappa shape index (κ3) is 17.8. The van der Waals surface area contributed by atoms with Gasteiger partial charge in [0, 0.05) is 30.9 Å². The number of aromatic hydroxyl groups is 1. The molecule has 2 saturated heterocycles. The Labute approximate surface area is 401 Å². The van der Waals surface area contributed by atoms with E-state index >= 15 is 0 Å². The number of rotatable bonds is 17. The Bertz CT molecular complexity index is 2030. The molecule has 2 aliphatic heterocycles. The van der Waals surface area contributed by atoms with Crippen LogP contribution in [0.3, 0.4) is 0 Å². The summed E-state index contributed by atoms with van der Waals surface area (Å²) < 4.78 is 0. The second-order valence-electron chi connectivity index (χ2n) is 17.0. The van der Waals surface area contributed by atoms with Crippen LogP contribution in [-0.4, -0.2) is 148 Å². The number of hydrogen-bond donors (Lipinski definition) is 12. The number of carbonyl (C=O) groups excluding carboxylic acids is 11. The summed E-state index contributed by atoms with van der Waals surface area (Å²) in [6, 6.07) is -5.02. The summed E-state index contributed by atoms with van der Waals surface area (Å²) in [6.07, 6.45) is -1.04. The van der Waals surface area contributed by atoms with Crippen molar-refractivity contribution in [2.75, 3.05) is 24.6 Å². The van der Waals surface area contributed by atoms with Gasteiger partial charge in [0.05, 0.1) is 19.0 Å². The highest BCUT2D eigenvalue weighted by atomic mass is 33.1. The topological polar surface area (TPSA) is 400 Å². The SMILES string of the molecule is CC[C@H](C)C1NC(=O)[C@H](Cc2ccc(O)cc2)NC(=O)[C@@H](N)CSSC[C@@H](C(=O)N2CC[C@H]2C(=O)N[C@@H](CC(C)C)C(=O)NCC(N)=O)NC(=O)[C@H](CC(N)=O)NC(=O)[C@H](CCC(N)=O)NC1=O. The van der Waals surface area contributed by atoms with Gasteiger partial charge in [-0.3, -0.25) is 52.7 Å². The van der Waals surface area contributed by atoms with Gasteiger partial charge in [-0.2, -0.15) is 0 Å². The number of likely N-dealkylation sites (tertiary alicyclic amines) is 1. The average molecular weight is 993 g/mol. The molecule has 1 aromatic rings. The molecule has 376 valence electrons. The molecule has 11 amide bonds. The number of phenolic OH excluding ortho intramolecular Hbond substituents is 1. The number of benzene rings is 1. The minimum absolute atomic E-state index is 0.0473. The Morgan fingerprint density at radius 1 is 0.779 bits per heavy atom. The second-order valence-corrected chi connectivity index (χ2v) is 19.6. The Balaban J connectivity index is 2.02. The first kappa shape index (κ1) is 56.2. The molecule has 16 N–H and O–H groups in total. The lowest BCUT2D eigenvalue weighted by Gasteiger charge is -2.42. The van der Waals surface area contributed by atoms with Crippen LogP contribution in [0.1, 0.15) is 71.8 Å². The van der Waals surface area contributed by atoms with Gasteiger partial charge in [0.2, 0.25) is 65.0 Å². The van der Waals surface area contributed by atoms with E-state index in [0.717, 1.165) is 21.6 Å². The fourth-order valence-corrected chi connectivity index (χ4v) is 9.24. The summed E-state index contributed by atoms with van der Waals surface area (Å²) in [7, 11) is 2.03. The number of carbonyl (C=O) groups is 11. The normalized spacial score (nSPS) is 24.3. The molecule has 24 nitrogen and oxygen atoms in total. The molecule has 0 bridgehead atoms. The number of hydrogen-bond acceptors (Lipinski definition) is 15. The molecule has 0 aromatic heterocycles. The first-order valence-electron chi connectivity index (χ1n) is 22.0. The number of nitrogens with one attached hydrogen (secondary N) is 7. The van der Waals surface area contributed by atoms with Crippen LogP contribution in [0.2, 0.25) is 0 Å². The number of nitrogens with two attached hydrogens (primary N) is 4. The van der Waals surface area contributed by atoms with E-state index in [2.05, 4.69) is 37.2 Å². The molecule has 26 heteroatoms. The van der Waals surface area contributed by atoms with Gasteiger partial charge in [-0.05, 0) is 48.8 Å². The van der Waals surface area contributed by atoms with Crippen molar-refractivity contribution in [1.29, 1.82) is 0 Å². The number of phenols is 1. The predicted molar refractivity (Wildman–Crippen MR) is 250 cm³/mol. The van der Waals surface area contributed by atoms with Crippen molar-refractivity contribution in [3.05, 3.63) is 29.8 Å². The van der Waals surface area contributed by atoms with E-state index in [1.807, 2.05) is 13.8 Å². The van der Waals surface area contributed by atoms with Crippen LogP contribution in [0.5, 0.6) is 5.75 Å². The van der Waals surface area contributed by atoms with Crippen LogP contribution >= 0.6 is 21.6 Å². The molecular weight excluding hydrogens is 929 g/mol. The molecular formula is C42H64N12O12S2. The summed E-state index contributed by atoms with van der Waals surface area (Å²) in [5, 5.41) is 27.6. The maximum atomic E-state index is 14.3. The van der Waals surface area contributed by atoms with Crippen LogP contribution in [-0.2, 0) is 59.2 Å². The lowest BCUT2D eigenvalue weighted by Crippen LogP contribution is -2.65. The third-order valence-electron chi connectivity index (χ3n) is 11.1. The summed E-state index contributed by atoms with van der Waals surface area (Å²) in [4.78, 5) is 147. The standard InChI is InChI=1S/C42H64N12O12S2/c1-5-21(4)34-41(65)48-25(10-11-31(44)56)37(61)50-28(16-32(45)57)38(62)52-29(42(66)54-13-12-30(54)40(64)51-26(14-20(2)3)36(60)47-17-33(46)58)19-68-67-18-24(43)35(59)49-27(39(63)53-34)15-22-6-8-23(55)9-7-22/h6-9,20-21,24-30,34,55H,5,10-19,43H2,1-4H3,(H2,44,56)(H2,45,57)(H2,46,58)(H,47,60)(H,48,65)(H,49,59)(H,50,61)(H,51,64)(H,52,62)(H,53,63)/t21-,24-,25-,26-,27-,28-,29-,30-,34?/m0/s1. The largest absolute Gasteiger partial charge is 0.508 e. The molecule has 2 heterocycles.